The van der Waals surface area contributed by atoms with E-state index in [0.29, 0.717) is 18.8 Å². The molecule has 0 heterocycles. The van der Waals surface area contributed by atoms with Crippen LogP contribution in [-0.4, -0.2) is 44.1 Å². The highest BCUT2D eigenvalue weighted by Crippen LogP contribution is 2.11. The second kappa shape index (κ2) is 8.02. The fourth-order valence-electron chi connectivity index (χ4n) is 1.32. The summed E-state index contributed by atoms with van der Waals surface area (Å²) in [5.41, 5.74) is 0. The molecule has 0 aliphatic rings. The van der Waals surface area contributed by atoms with Crippen LogP contribution in [0.1, 0.15) is 6.92 Å². The monoisotopic (exact) mass is 257 g/mol. The van der Waals surface area contributed by atoms with Crippen LogP contribution in [0, 0.1) is 5.82 Å². The van der Waals surface area contributed by atoms with Gasteiger partial charge < -0.3 is 19.9 Å². The molecule has 0 aromatic heterocycles. The smallest absolute Gasteiger partial charge is 0.123 e. The SMILES string of the molecule is COC(C)CNCC(O)COc1ccc(F)cc1. The number of halogens is 1. The van der Waals surface area contributed by atoms with Crippen molar-refractivity contribution < 1.29 is 19.0 Å². The number of rotatable bonds is 8. The summed E-state index contributed by atoms with van der Waals surface area (Å²) in [5.74, 6) is 0.235. The molecule has 4 nitrogen and oxygen atoms in total. The van der Waals surface area contributed by atoms with Gasteiger partial charge in [-0.05, 0) is 31.2 Å². The fourth-order valence-corrected chi connectivity index (χ4v) is 1.32. The summed E-state index contributed by atoms with van der Waals surface area (Å²) in [5, 5.41) is 12.7. The Morgan fingerprint density at radius 1 is 1.28 bits per heavy atom. The first kappa shape index (κ1) is 14.9. The van der Waals surface area contributed by atoms with Gasteiger partial charge in [-0.2, -0.15) is 0 Å². The average Bonchev–Trinajstić information content (AvgIpc) is 2.38. The van der Waals surface area contributed by atoms with Gasteiger partial charge >= 0.3 is 0 Å². The zero-order valence-electron chi connectivity index (χ0n) is 10.7. The number of ether oxygens (including phenoxy) is 2. The number of nitrogens with one attached hydrogen (secondary N) is 1. The molecule has 0 saturated heterocycles. The van der Waals surface area contributed by atoms with Gasteiger partial charge in [0.2, 0.25) is 0 Å². The Hall–Kier alpha value is -1.17. The molecule has 2 atom stereocenters. The minimum absolute atomic E-state index is 0.107. The van der Waals surface area contributed by atoms with Crippen LogP contribution in [0.15, 0.2) is 24.3 Å². The van der Waals surface area contributed by atoms with Crippen molar-refractivity contribution in [1.82, 2.24) is 5.32 Å². The van der Waals surface area contributed by atoms with Crippen LogP contribution in [0.4, 0.5) is 4.39 Å². The third-order valence-electron chi connectivity index (χ3n) is 2.47. The van der Waals surface area contributed by atoms with E-state index in [1.807, 2.05) is 6.92 Å². The molecule has 0 spiro atoms. The normalized spacial score (nSPS) is 14.2. The third-order valence-corrected chi connectivity index (χ3v) is 2.47. The first-order chi connectivity index (χ1) is 8.61. The van der Waals surface area contributed by atoms with Crippen LogP contribution < -0.4 is 10.1 Å². The molecule has 5 heteroatoms. The lowest BCUT2D eigenvalue weighted by atomic mass is 10.3. The Morgan fingerprint density at radius 2 is 1.94 bits per heavy atom. The van der Waals surface area contributed by atoms with Crippen molar-refractivity contribution >= 4 is 0 Å². The van der Waals surface area contributed by atoms with Gasteiger partial charge in [-0.15, -0.1) is 0 Å². The maximum absolute atomic E-state index is 12.6. The van der Waals surface area contributed by atoms with E-state index in [-0.39, 0.29) is 18.5 Å². The van der Waals surface area contributed by atoms with E-state index < -0.39 is 6.10 Å². The summed E-state index contributed by atoms with van der Waals surface area (Å²) in [6, 6.07) is 5.70. The summed E-state index contributed by atoms with van der Waals surface area (Å²) in [4.78, 5) is 0. The topological polar surface area (TPSA) is 50.7 Å². The Morgan fingerprint density at radius 3 is 2.56 bits per heavy atom. The Labute approximate surface area is 107 Å². The lowest BCUT2D eigenvalue weighted by molar-refractivity contribution is 0.0904. The molecule has 2 unspecified atom stereocenters. The molecule has 1 aromatic carbocycles. The van der Waals surface area contributed by atoms with E-state index in [1.165, 1.54) is 24.3 Å². The molecule has 102 valence electrons. The van der Waals surface area contributed by atoms with Gasteiger partial charge in [-0.25, -0.2) is 4.39 Å². The highest BCUT2D eigenvalue weighted by molar-refractivity contribution is 5.22. The number of methoxy groups -OCH3 is 1. The van der Waals surface area contributed by atoms with Crippen LogP contribution in [0.3, 0.4) is 0 Å². The predicted octanol–water partition coefficient (Wildman–Crippen LogP) is 1.19. The highest BCUT2D eigenvalue weighted by Gasteiger charge is 2.06. The van der Waals surface area contributed by atoms with Crippen LogP contribution in [-0.2, 0) is 4.74 Å². The van der Waals surface area contributed by atoms with Gasteiger partial charge in [0, 0.05) is 20.2 Å². The molecule has 0 saturated carbocycles. The maximum Gasteiger partial charge on any atom is 0.123 e. The summed E-state index contributed by atoms with van der Waals surface area (Å²) in [6.45, 7) is 3.20. The van der Waals surface area contributed by atoms with Crippen molar-refractivity contribution in [2.75, 3.05) is 26.8 Å². The number of benzene rings is 1. The number of aliphatic hydroxyl groups excluding tert-OH is 1. The van der Waals surface area contributed by atoms with E-state index in [4.69, 9.17) is 9.47 Å². The molecule has 0 radical (unpaired) electrons. The van der Waals surface area contributed by atoms with Crippen molar-refractivity contribution in [3.63, 3.8) is 0 Å². The molecule has 0 aliphatic heterocycles. The molecule has 18 heavy (non-hydrogen) atoms. The zero-order chi connectivity index (χ0) is 13.4. The first-order valence-corrected chi connectivity index (χ1v) is 5.91. The number of hydrogen-bond acceptors (Lipinski definition) is 4. The largest absolute Gasteiger partial charge is 0.491 e. The number of hydrogen-bond donors (Lipinski definition) is 2. The van der Waals surface area contributed by atoms with Crippen molar-refractivity contribution in [3.05, 3.63) is 30.1 Å². The molecular weight excluding hydrogens is 237 g/mol. The Bertz CT molecular complexity index is 332. The zero-order valence-corrected chi connectivity index (χ0v) is 10.7. The van der Waals surface area contributed by atoms with E-state index in [0.717, 1.165) is 0 Å². The minimum Gasteiger partial charge on any atom is -0.491 e. The van der Waals surface area contributed by atoms with Gasteiger partial charge in [0.25, 0.3) is 0 Å². The van der Waals surface area contributed by atoms with E-state index in [1.54, 1.807) is 7.11 Å². The molecule has 0 aliphatic carbocycles. The minimum atomic E-state index is -0.612. The van der Waals surface area contributed by atoms with Crippen molar-refractivity contribution in [1.29, 1.82) is 0 Å². The molecule has 0 amide bonds. The van der Waals surface area contributed by atoms with Gasteiger partial charge in [0.15, 0.2) is 0 Å². The van der Waals surface area contributed by atoms with Gasteiger partial charge in [0.1, 0.15) is 24.3 Å². The average molecular weight is 257 g/mol. The second-order valence-corrected chi connectivity index (χ2v) is 4.12. The molecule has 1 rings (SSSR count). The van der Waals surface area contributed by atoms with Crippen molar-refractivity contribution in [2.24, 2.45) is 0 Å². The Kier molecular flexibility index (Phi) is 6.64. The quantitative estimate of drug-likeness (QED) is 0.734. The second-order valence-electron chi connectivity index (χ2n) is 4.12. The van der Waals surface area contributed by atoms with Crippen LogP contribution in [0.25, 0.3) is 0 Å². The van der Waals surface area contributed by atoms with Gasteiger partial charge in [0.05, 0.1) is 6.10 Å². The molecule has 1 aromatic rings. The van der Waals surface area contributed by atoms with Crippen molar-refractivity contribution in [3.8, 4) is 5.75 Å². The standard InChI is InChI=1S/C13H20FNO3/c1-10(17-2)7-15-8-12(16)9-18-13-5-3-11(14)4-6-13/h3-6,10,12,15-16H,7-9H2,1-2H3. The maximum atomic E-state index is 12.6. The summed E-state index contributed by atoms with van der Waals surface area (Å²) in [7, 11) is 1.64. The predicted molar refractivity (Wildman–Crippen MR) is 67.2 cm³/mol. The molecular formula is C13H20FNO3. The van der Waals surface area contributed by atoms with E-state index in [9.17, 15) is 9.50 Å². The summed E-state index contributed by atoms with van der Waals surface area (Å²) < 4.78 is 23.0. The third kappa shape index (κ3) is 5.95. The summed E-state index contributed by atoms with van der Waals surface area (Å²) >= 11 is 0. The van der Waals surface area contributed by atoms with E-state index >= 15 is 0 Å². The van der Waals surface area contributed by atoms with Crippen molar-refractivity contribution in [2.45, 2.75) is 19.1 Å². The van der Waals surface area contributed by atoms with E-state index in [2.05, 4.69) is 5.32 Å². The lowest BCUT2D eigenvalue weighted by Crippen LogP contribution is -2.35. The van der Waals surface area contributed by atoms with Crippen LogP contribution >= 0.6 is 0 Å². The molecule has 0 fully saturated rings. The van der Waals surface area contributed by atoms with Gasteiger partial charge in [-0.3, -0.25) is 0 Å². The Balaban J connectivity index is 2.16. The van der Waals surface area contributed by atoms with Crippen LogP contribution in [0.2, 0.25) is 0 Å². The van der Waals surface area contributed by atoms with Crippen LogP contribution in [0.5, 0.6) is 5.75 Å². The summed E-state index contributed by atoms with van der Waals surface area (Å²) in [6.07, 6.45) is -0.505. The highest BCUT2D eigenvalue weighted by atomic mass is 19.1. The number of aliphatic hydroxyl groups is 1. The fraction of sp³-hybridized carbons (Fsp3) is 0.538. The van der Waals surface area contributed by atoms with Gasteiger partial charge in [-0.1, -0.05) is 0 Å². The first-order valence-electron chi connectivity index (χ1n) is 5.91. The molecule has 0 bridgehead atoms. The lowest BCUT2D eigenvalue weighted by Gasteiger charge is -2.15. The molecule has 2 N–H and O–H groups in total.